The lowest BCUT2D eigenvalue weighted by Gasteiger charge is -2.13. The van der Waals surface area contributed by atoms with Crippen LogP contribution in [0.25, 0.3) is 21.0 Å². The number of furan rings is 1. The second-order valence-electron chi connectivity index (χ2n) is 6.82. The smallest absolute Gasteiger partial charge is 0.326 e. The largest absolute Gasteiger partial charge is 0.457 e. The highest BCUT2D eigenvalue weighted by molar-refractivity contribution is 7.21. The van der Waals surface area contributed by atoms with Crippen molar-refractivity contribution in [3.05, 3.63) is 42.2 Å². The Morgan fingerprint density at radius 1 is 1.24 bits per heavy atom. The van der Waals surface area contributed by atoms with Gasteiger partial charge in [0, 0.05) is 20.0 Å². The van der Waals surface area contributed by atoms with Crippen molar-refractivity contribution in [3.8, 4) is 10.8 Å². The van der Waals surface area contributed by atoms with E-state index < -0.39 is 0 Å². The van der Waals surface area contributed by atoms with Gasteiger partial charge in [0.2, 0.25) is 11.8 Å². The Morgan fingerprint density at radius 3 is 2.83 bits per heavy atom. The van der Waals surface area contributed by atoms with Gasteiger partial charge in [0.25, 0.3) is 0 Å². The number of benzene rings is 1. The highest BCUT2D eigenvalue weighted by atomic mass is 32.1. The van der Waals surface area contributed by atoms with Crippen LogP contribution in [0.1, 0.15) is 18.6 Å². The minimum Gasteiger partial charge on any atom is -0.457 e. The molecule has 9 heteroatoms. The normalized spacial score (nSPS) is 14.2. The van der Waals surface area contributed by atoms with Crippen LogP contribution in [-0.2, 0) is 16.1 Å². The van der Waals surface area contributed by atoms with Crippen LogP contribution in [0.15, 0.2) is 40.8 Å². The number of urea groups is 1. The zero-order valence-corrected chi connectivity index (χ0v) is 16.7. The Balaban J connectivity index is 1.26. The van der Waals surface area contributed by atoms with Crippen LogP contribution in [0.5, 0.6) is 0 Å². The van der Waals surface area contributed by atoms with Gasteiger partial charge < -0.3 is 14.6 Å². The third-order valence-corrected chi connectivity index (χ3v) is 5.69. The summed E-state index contributed by atoms with van der Waals surface area (Å²) in [7, 11) is 1.58. The standard InChI is InChI=1S/C20H20N4O4S/c1-23-12-18(26)24(20(23)27)10-4-7-17(25)21-11-13-8-9-15(28-13)19-22-14-5-2-3-6-16(14)29-19/h2-3,5-6,8-9H,4,7,10-12H2,1H3,(H,21,25). The van der Waals surface area contributed by atoms with Crippen molar-refractivity contribution in [2.75, 3.05) is 20.1 Å². The van der Waals surface area contributed by atoms with Crippen LogP contribution < -0.4 is 5.32 Å². The lowest BCUT2D eigenvalue weighted by Crippen LogP contribution is -2.33. The molecule has 1 N–H and O–H groups in total. The summed E-state index contributed by atoms with van der Waals surface area (Å²) in [5, 5.41) is 3.60. The van der Waals surface area contributed by atoms with E-state index in [1.807, 2.05) is 36.4 Å². The number of thiazole rings is 1. The SMILES string of the molecule is CN1CC(=O)N(CCCC(=O)NCc2ccc(-c3nc4ccccc4s3)o2)C1=O. The van der Waals surface area contributed by atoms with E-state index in [-0.39, 0.29) is 43.9 Å². The average molecular weight is 412 g/mol. The minimum atomic E-state index is -0.312. The van der Waals surface area contributed by atoms with Gasteiger partial charge in [-0.1, -0.05) is 12.1 Å². The molecule has 0 bridgehead atoms. The van der Waals surface area contributed by atoms with E-state index in [4.69, 9.17) is 4.42 Å². The average Bonchev–Trinajstić information content (AvgIpc) is 3.40. The fraction of sp³-hybridized carbons (Fsp3) is 0.300. The van der Waals surface area contributed by atoms with E-state index in [1.165, 1.54) is 9.80 Å². The van der Waals surface area contributed by atoms with Gasteiger partial charge in [0.05, 0.1) is 16.8 Å². The molecule has 150 valence electrons. The summed E-state index contributed by atoms with van der Waals surface area (Å²) < 4.78 is 6.90. The van der Waals surface area contributed by atoms with Gasteiger partial charge in [-0.2, -0.15) is 0 Å². The molecule has 0 atom stereocenters. The predicted octanol–water partition coefficient (Wildman–Crippen LogP) is 2.85. The summed E-state index contributed by atoms with van der Waals surface area (Å²) in [5.41, 5.74) is 0.930. The zero-order chi connectivity index (χ0) is 20.4. The fourth-order valence-electron chi connectivity index (χ4n) is 3.13. The Kier molecular flexibility index (Phi) is 5.30. The molecule has 0 unspecified atom stereocenters. The Hall–Kier alpha value is -3.20. The van der Waals surface area contributed by atoms with Crippen molar-refractivity contribution < 1.29 is 18.8 Å². The molecule has 3 heterocycles. The number of carbonyl (C=O) groups is 3. The molecule has 0 aliphatic carbocycles. The molecule has 2 aromatic heterocycles. The number of likely N-dealkylation sites (N-methyl/N-ethyl adjacent to an activating group) is 1. The number of para-hydroxylation sites is 1. The first-order chi connectivity index (χ1) is 14.0. The molecule has 8 nitrogen and oxygen atoms in total. The second-order valence-corrected chi connectivity index (χ2v) is 7.85. The number of aromatic nitrogens is 1. The first-order valence-corrected chi connectivity index (χ1v) is 10.1. The quantitative estimate of drug-likeness (QED) is 0.602. The number of amides is 4. The number of hydrogen-bond donors (Lipinski definition) is 1. The third kappa shape index (κ3) is 4.14. The van der Waals surface area contributed by atoms with Crippen LogP contribution >= 0.6 is 11.3 Å². The van der Waals surface area contributed by atoms with Gasteiger partial charge in [-0.25, -0.2) is 9.78 Å². The molecule has 0 spiro atoms. The predicted molar refractivity (Wildman–Crippen MR) is 108 cm³/mol. The molecule has 4 amide bonds. The molecular formula is C20H20N4O4S. The van der Waals surface area contributed by atoms with Crippen molar-refractivity contribution in [2.45, 2.75) is 19.4 Å². The lowest BCUT2D eigenvalue weighted by molar-refractivity contribution is -0.126. The first kappa shape index (κ1) is 19.1. The van der Waals surface area contributed by atoms with E-state index >= 15 is 0 Å². The van der Waals surface area contributed by atoms with Crippen LogP contribution in [0.4, 0.5) is 4.79 Å². The number of rotatable bonds is 7. The molecule has 1 aliphatic rings. The molecule has 3 aromatic rings. The summed E-state index contributed by atoms with van der Waals surface area (Å²) in [6.07, 6.45) is 0.651. The van der Waals surface area contributed by atoms with Gasteiger partial charge in [0.15, 0.2) is 10.8 Å². The number of carbonyl (C=O) groups excluding carboxylic acids is 3. The number of nitrogens with one attached hydrogen (secondary N) is 1. The van der Waals surface area contributed by atoms with Crippen molar-refractivity contribution >= 4 is 39.4 Å². The Bertz CT molecular complexity index is 1040. The van der Waals surface area contributed by atoms with Gasteiger partial charge in [-0.05, 0) is 30.7 Å². The van der Waals surface area contributed by atoms with Gasteiger partial charge >= 0.3 is 6.03 Å². The number of imide groups is 1. The molecule has 1 fully saturated rings. The van der Waals surface area contributed by atoms with Crippen LogP contribution in [0.2, 0.25) is 0 Å². The maximum atomic E-state index is 12.0. The molecule has 1 aromatic carbocycles. The maximum absolute atomic E-state index is 12.0. The molecule has 0 saturated carbocycles. The molecule has 0 radical (unpaired) electrons. The third-order valence-electron chi connectivity index (χ3n) is 4.64. The van der Waals surface area contributed by atoms with Crippen molar-refractivity contribution in [1.29, 1.82) is 0 Å². The fourth-order valence-corrected chi connectivity index (χ4v) is 4.05. The zero-order valence-electron chi connectivity index (χ0n) is 15.9. The van der Waals surface area contributed by atoms with Crippen molar-refractivity contribution in [1.82, 2.24) is 20.1 Å². The van der Waals surface area contributed by atoms with Crippen molar-refractivity contribution in [2.24, 2.45) is 0 Å². The van der Waals surface area contributed by atoms with Gasteiger partial charge in [-0.15, -0.1) is 11.3 Å². The van der Waals surface area contributed by atoms with Gasteiger partial charge in [0.1, 0.15) is 12.3 Å². The first-order valence-electron chi connectivity index (χ1n) is 9.28. The topological polar surface area (TPSA) is 95.8 Å². The molecule has 4 rings (SSSR count). The summed E-state index contributed by atoms with van der Waals surface area (Å²) >= 11 is 1.56. The highest BCUT2D eigenvalue weighted by Gasteiger charge is 2.32. The molecule has 1 saturated heterocycles. The van der Waals surface area contributed by atoms with Crippen LogP contribution in [-0.4, -0.2) is 52.8 Å². The van der Waals surface area contributed by atoms with E-state index in [2.05, 4.69) is 10.3 Å². The number of nitrogens with zero attached hydrogens (tertiary/aromatic N) is 3. The summed E-state index contributed by atoms with van der Waals surface area (Å²) in [6, 6.07) is 11.2. The summed E-state index contributed by atoms with van der Waals surface area (Å²) in [4.78, 5) is 42.7. The van der Waals surface area contributed by atoms with E-state index in [9.17, 15) is 14.4 Å². The highest BCUT2D eigenvalue weighted by Crippen LogP contribution is 2.31. The second kappa shape index (κ2) is 8.04. The van der Waals surface area contributed by atoms with Crippen LogP contribution in [0, 0.1) is 0 Å². The van der Waals surface area contributed by atoms with Gasteiger partial charge in [-0.3, -0.25) is 14.5 Å². The number of hydrogen-bond acceptors (Lipinski definition) is 6. The minimum absolute atomic E-state index is 0.0977. The molecular weight excluding hydrogens is 392 g/mol. The Morgan fingerprint density at radius 2 is 2.07 bits per heavy atom. The van der Waals surface area contributed by atoms with Crippen LogP contribution in [0.3, 0.4) is 0 Å². The monoisotopic (exact) mass is 412 g/mol. The van der Waals surface area contributed by atoms with E-state index in [0.717, 1.165) is 15.2 Å². The Labute approximate surface area is 171 Å². The summed E-state index contributed by atoms with van der Waals surface area (Å²) in [5.74, 6) is 0.927. The van der Waals surface area contributed by atoms with E-state index in [1.54, 1.807) is 18.4 Å². The maximum Gasteiger partial charge on any atom is 0.326 e. The molecule has 1 aliphatic heterocycles. The number of fused-ring (bicyclic) bond motifs is 1. The summed E-state index contributed by atoms with van der Waals surface area (Å²) in [6.45, 7) is 0.618. The van der Waals surface area contributed by atoms with Crippen molar-refractivity contribution in [3.63, 3.8) is 0 Å². The lowest BCUT2D eigenvalue weighted by atomic mass is 10.2. The molecule has 29 heavy (non-hydrogen) atoms. The van der Waals surface area contributed by atoms with E-state index in [0.29, 0.717) is 17.9 Å².